The Labute approximate surface area is 147 Å². The van der Waals surface area contributed by atoms with Crippen molar-refractivity contribution in [1.82, 2.24) is 4.98 Å². The molecule has 4 aliphatic carbocycles. The summed E-state index contributed by atoms with van der Waals surface area (Å²) < 4.78 is 50.2. The first-order valence-corrected chi connectivity index (χ1v) is 10.0. The Bertz CT molecular complexity index is 639. The van der Waals surface area contributed by atoms with Gasteiger partial charge >= 0.3 is 6.18 Å². The molecule has 0 radical (unpaired) electrons. The van der Waals surface area contributed by atoms with Gasteiger partial charge in [0.25, 0.3) is 0 Å². The molecule has 4 fully saturated rings. The van der Waals surface area contributed by atoms with Crippen LogP contribution in [0.3, 0.4) is 0 Å². The summed E-state index contributed by atoms with van der Waals surface area (Å²) in [5.74, 6) is 1.74. The number of hydrogen-bond acceptors (Lipinski definition) is 3. The van der Waals surface area contributed by atoms with Gasteiger partial charge in [-0.3, -0.25) is 4.79 Å². The zero-order valence-electron chi connectivity index (χ0n) is 13.7. The van der Waals surface area contributed by atoms with Crippen molar-refractivity contribution in [2.24, 2.45) is 23.2 Å². The average molecular weight is 371 g/mol. The molecule has 136 valence electrons. The number of pyridine rings is 1. The van der Waals surface area contributed by atoms with E-state index in [1.54, 1.807) is 0 Å². The minimum Gasteiger partial charge on any atom is -0.610 e. The Balaban J connectivity index is 1.46. The lowest BCUT2D eigenvalue weighted by Gasteiger charge is -2.55. The van der Waals surface area contributed by atoms with Crippen LogP contribution in [-0.2, 0) is 22.1 Å². The van der Waals surface area contributed by atoms with Gasteiger partial charge in [-0.25, -0.2) is 4.98 Å². The molecular formula is C18H20F3NO2S. The molecule has 5 rings (SSSR count). The smallest absolute Gasteiger partial charge is 0.417 e. The normalized spacial score (nSPS) is 35.0. The Morgan fingerprint density at radius 3 is 2.16 bits per heavy atom. The molecule has 0 aliphatic heterocycles. The predicted molar refractivity (Wildman–Crippen MR) is 86.1 cm³/mol. The molecule has 1 aromatic heterocycles. The maximum Gasteiger partial charge on any atom is 0.417 e. The van der Waals surface area contributed by atoms with Gasteiger partial charge in [0.05, 0.1) is 5.56 Å². The third kappa shape index (κ3) is 3.21. The van der Waals surface area contributed by atoms with Crippen LogP contribution in [0.15, 0.2) is 23.4 Å². The number of Topliss-reactive ketones (excluding diaryl/α,β-unsaturated/α-hetero) is 1. The van der Waals surface area contributed by atoms with Gasteiger partial charge in [-0.05, 0) is 62.3 Å². The fourth-order valence-corrected chi connectivity index (χ4v) is 6.56. The van der Waals surface area contributed by atoms with E-state index in [-0.39, 0.29) is 22.0 Å². The lowest BCUT2D eigenvalue weighted by atomic mass is 9.48. The van der Waals surface area contributed by atoms with Crippen molar-refractivity contribution in [3.8, 4) is 0 Å². The van der Waals surface area contributed by atoms with Crippen LogP contribution in [0.5, 0.6) is 0 Å². The van der Waals surface area contributed by atoms with E-state index in [1.807, 2.05) is 0 Å². The van der Waals surface area contributed by atoms with Crippen LogP contribution in [0, 0.1) is 23.2 Å². The molecule has 1 aromatic rings. The first kappa shape index (κ1) is 17.3. The maximum absolute atomic E-state index is 12.9. The van der Waals surface area contributed by atoms with Crippen LogP contribution in [0.4, 0.5) is 13.2 Å². The van der Waals surface area contributed by atoms with E-state index in [1.165, 1.54) is 19.3 Å². The van der Waals surface area contributed by atoms with Crippen LogP contribution in [0.1, 0.15) is 44.1 Å². The zero-order valence-corrected chi connectivity index (χ0v) is 14.5. The molecule has 4 aliphatic rings. The maximum atomic E-state index is 12.9. The number of carbonyl (C=O) groups is 1. The molecular weight excluding hydrogens is 351 g/mol. The molecule has 1 unspecified atom stereocenters. The second-order valence-electron chi connectivity index (χ2n) is 7.99. The van der Waals surface area contributed by atoms with Crippen molar-refractivity contribution in [3.05, 3.63) is 23.9 Å². The minimum absolute atomic E-state index is 0.0200. The van der Waals surface area contributed by atoms with E-state index in [0.717, 1.165) is 31.4 Å². The number of hydrogen-bond donors (Lipinski definition) is 0. The predicted octanol–water partition coefficient (Wildman–Crippen LogP) is 3.99. The summed E-state index contributed by atoms with van der Waals surface area (Å²) >= 11 is -1.69. The number of ketones is 1. The highest BCUT2D eigenvalue weighted by Gasteiger charge is 2.55. The molecule has 25 heavy (non-hydrogen) atoms. The summed E-state index contributed by atoms with van der Waals surface area (Å²) in [4.78, 5) is 16.6. The highest BCUT2D eigenvalue weighted by atomic mass is 32.2. The monoisotopic (exact) mass is 371 g/mol. The molecule has 1 atom stereocenters. The van der Waals surface area contributed by atoms with Crippen molar-refractivity contribution in [2.45, 2.75) is 49.7 Å². The fraction of sp³-hybridized carbons (Fsp3) is 0.667. The molecule has 1 heterocycles. The quantitative estimate of drug-likeness (QED) is 0.752. The molecule has 0 saturated heterocycles. The molecule has 4 saturated carbocycles. The van der Waals surface area contributed by atoms with Gasteiger partial charge in [0.1, 0.15) is 0 Å². The third-order valence-corrected chi connectivity index (χ3v) is 7.42. The molecule has 0 amide bonds. The van der Waals surface area contributed by atoms with Gasteiger partial charge in [-0.1, -0.05) is 0 Å². The summed E-state index contributed by atoms with van der Waals surface area (Å²) in [5.41, 5.74) is -1.21. The largest absolute Gasteiger partial charge is 0.610 e. The highest BCUT2D eigenvalue weighted by molar-refractivity contribution is 7.92. The molecule has 4 bridgehead atoms. The molecule has 7 heteroatoms. The molecule has 0 aromatic carbocycles. The number of nitrogens with zero attached hydrogens (tertiary/aromatic N) is 1. The van der Waals surface area contributed by atoms with E-state index in [2.05, 4.69) is 4.98 Å². The number of alkyl halides is 3. The minimum atomic E-state index is -4.47. The standard InChI is InChI=1S/C18H20F3NO2S/c19-18(20,21)14-1-2-16(22-9-14)25(24)10-15(23)17-6-11-3-12(7-17)5-13(4-11)8-17/h1-2,9,11-13H,3-8,10H2. The first-order chi connectivity index (χ1) is 11.7. The van der Waals surface area contributed by atoms with E-state index < -0.39 is 22.9 Å². The first-order valence-electron chi connectivity index (χ1n) is 8.70. The number of rotatable bonds is 4. The summed E-state index contributed by atoms with van der Waals surface area (Å²) in [6.45, 7) is 0. The summed E-state index contributed by atoms with van der Waals surface area (Å²) in [6, 6.07) is 1.99. The number of aromatic nitrogens is 1. The Kier molecular flexibility index (Phi) is 4.15. The van der Waals surface area contributed by atoms with Crippen LogP contribution in [-0.4, -0.2) is 21.1 Å². The number of carbonyl (C=O) groups excluding carboxylic acids is 1. The van der Waals surface area contributed by atoms with E-state index in [9.17, 15) is 22.5 Å². The van der Waals surface area contributed by atoms with Gasteiger partial charge in [0.15, 0.2) is 11.5 Å². The van der Waals surface area contributed by atoms with Gasteiger partial charge in [0.2, 0.25) is 5.03 Å². The van der Waals surface area contributed by atoms with Crippen LogP contribution in [0.2, 0.25) is 0 Å². The summed E-state index contributed by atoms with van der Waals surface area (Å²) in [6.07, 6.45) is 2.56. The molecule has 0 N–H and O–H groups in total. The Hall–Kier alpha value is -1.08. The van der Waals surface area contributed by atoms with Crippen LogP contribution >= 0.6 is 0 Å². The van der Waals surface area contributed by atoms with Gasteiger partial charge < -0.3 is 4.55 Å². The van der Waals surface area contributed by atoms with Gasteiger partial charge in [0, 0.05) is 28.9 Å². The SMILES string of the molecule is O=C(C[S+]([O-])c1ccc(C(F)(F)F)cn1)C12CC3CC(CC(C3)C1)C2. The van der Waals surface area contributed by atoms with Crippen molar-refractivity contribution in [3.63, 3.8) is 0 Å². The van der Waals surface area contributed by atoms with Crippen molar-refractivity contribution >= 4 is 17.0 Å². The molecule has 0 spiro atoms. The van der Waals surface area contributed by atoms with Crippen molar-refractivity contribution in [1.29, 1.82) is 0 Å². The topological polar surface area (TPSA) is 53.0 Å². The second-order valence-corrected chi connectivity index (χ2v) is 9.39. The van der Waals surface area contributed by atoms with Crippen LogP contribution < -0.4 is 0 Å². The summed E-state index contributed by atoms with van der Waals surface area (Å²) in [5, 5.41) is 0.0473. The van der Waals surface area contributed by atoms with E-state index >= 15 is 0 Å². The van der Waals surface area contributed by atoms with Gasteiger partial charge in [-0.15, -0.1) is 0 Å². The summed E-state index contributed by atoms with van der Waals surface area (Å²) in [7, 11) is 0. The third-order valence-electron chi connectivity index (χ3n) is 6.19. The Morgan fingerprint density at radius 1 is 1.16 bits per heavy atom. The highest BCUT2D eigenvalue weighted by Crippen LogP contribution is 2.60. The second kappa shape index (κ2) is 5.98. The fourth-order valence-electron chi connectivity index (χ4n) is 5.48. The lowest BCUT2D eigenvalue weighted by Crippen LogP contribution is -2.51. The number of halogens is 3. The van der Waals surface area contributed by atoms with Crippen LogP contribution in [0.25, 0.3) is 0 Å². The molecule has 3 nitrogen and oxygen atoms in total. The lowest BCUT2D eigenvalue weighted by molar-refractivity contribution is -0.141. The van der Waals surface area contributed by atoms with Crippen molar-refractivity contribution in [2.75, 3.05) is 5.75 Å². The van der Waals surface area contributed by atoms with E-state index in [4.69, 9.17) is 0 Å². The Morgan fingerprint density at radius 2 is 1.72 bits per heavy atom. The van der Waals surface area contributed by atoms with Crippen molar-refractivity contribution < 1.29 is 22.5 Å². The average Bonchev–Trinajstić information content (AvgIpc) is 2.52. The zero-order chi connectivity index (χ0) is 17.8. The van der Waals surface area contributed by atoms with Gasteiger partial charge in [-0.2, -0.15) is 13.2 Å². The van der Waals surface area contributed by atoms with E-state index in [0.29, 0.717) is 24.0 Å².